The lowest BCUT2D eigenvalue weighted by molar-refractivity contribution is 0.474. The highest BCUT2D eigenvalue weighted by Crippen LogP contribution is 2.25. The SMILES string of the molecule is Oc1ccc(Cl)cc1C=NNc1nnc2c(n1)[nH]c1ccc(Br)cc12. The van der Waals surface area contributed by atoms with Crippen molar-refractivity contribution in [1.82, 2.24) is 20.2 Å². The molecule has 0 aliphatic carbocycles. The molecule has 0 saturated carbocycles. The number of phenols is 1. The number of nitrogens with zero attached hydrogens (tertiary/aromatic N) is 4. The predicted molar refractivity (Wildman–Crippen MR) is 101 cm³/mol. The molecule has 124 valence electrons. The van der Waals surface area contributed by atoms with Crippen LogP contribution in [-0.2, 0) is 0 Å². The van der Waals surface area contributed by atoms with Crippen molar-refractivity contribution in [3.63, 3.8) is 0 Å². The van der Waals surface area contributed by atoms with E-state index in [2.05, 4.69) is 46.6 Å². The molecule has 2 aromatic heterocycles. The van der Waals surface area contributed by atoms with Gasteiger partial charge in [-0.15, -0.1) is 10.2 Å². The van der Waals surface area contributed by atoms with E-state index in [1.807, 2.05) is 18.2 Å². The molecule has 0 unspecified atom stereocenters. The van der Waals surface area contributed by atoms with Gasteiger partial charge in [0.05, 0.1) is 6.21 Å². The van der Waals surface area contributed by atoms with Gasteiger partial charge in [0.15, 0.2) is 5.65 Å². The monoisotopic (exact) mass is 416 g/mol. The van der Waals surface area contributed by atoms with Crippen LogP contribution >= 0.6 is 27.5 Å². The third kappa shape index (κ3) is 3.13. The van der Waals surface area contributed by atoms with Gasteiger partial charge in [0.25, 0.3) is 5.95 Å². The van der Waals surface area contributed by atoms with E-state index in [4.69, 9.17) is 11.6 Å². The van der Waals surface area contributed by atoms with E-state index >= 15 is 0 Å². The first-order valence-corrected chi connectivity index (χ1v) is 8.36. The molecule has 0 aliphatic rings. The predicted octanol–water partition coefficient (Wildman–Crippen LogP) is 4.07. The van der Waals surface area contributed by atoms with Crippen molar-refractivity contribution in [2.75, 3.05) is 5.43 Å². The number of H-pyrrole nitrogens is 1. The molecular weight excluding hydrogens is 408 g/mol. The maximum atomic E-state index is 9.75. The third-order valence-electron chi connectivity index (χ3n) is 3.53. The van der Waals surface area contributed by atoms with Gasteiger partial charge in [0.1, 0.15) is 11.3 Å². The Kier molecular flexibility index (Phi) is 3.98. The van der Waals surface area contributed by atoms with Crippen molar-refractivity contribution < 1.29 is 5.11 Å². The van der Waals surface area contributed by atoms with Crippen LogP contribution < -0.4 is 5.43 Å². The minimum absolute atomic E-state index is 0.0747. The largest absolute Gasteiger partial charge is 0.507 e. The van der Waals surface area contributed by atoms with Crippen molar-refractivity contribution in [3.8, 4) is 5.75 Å². The maximum absolute atomic E-state index is 9.75. The van der Waals surface area contributed by atoms with Crippen LogP contribution in [0.1, 0.15) is 5.56 Å². The lowest BCUT2D eigenvalue weighted by Gasteiger charge is -2.00. The van der Waals surface area contributed by atoms with E-state index in [1.54, 1.807) is 12.1 Å². The number of halogens is 2. The molecule has 0 aliphatic heterocycles. The Balaban J connectivity index is 1.62. The Morgan fingerprint density at radius 1 is 1.20 bits per heavy atom. The molecule has 0 saturated heterocycles. The number of aromatic hydroxyl groups is 1. The normalized spacial score (nSPS) is 11.6. The van der Waals surface area contributed by atoms with E-state index in [0.29, 0.717) is 21.7 Å². The Labute approximate surface area is 154 Å². The molecule has 9 heteroatoms. The Morgan fingerprint density at radius 3 is 2.96 bits per heavy atom. The quantitative estimate of drug-likeness (QED) is 0.345. The Morgan fingerprint density at radius 2 is 2.08 bits per heavy atom. The number of anilines is 1. The summed E-state index contributed by atoms with van der Waals surface area (Å²) in [6, 6.07) is 10.5. The summed E-state index contributed by atoms with van der Waals surface area (Å²) >= 11 is 9.33. The summed E-state index contributed by atoms with van der Waals surface area (Å²) in [5, 5.41) is 23.4. The number of nitrogens with one attached hydrogen (secondary N) is 2. The van der Waals surface area contributed by atoms with E-state index in [-0.39, 0.29) is 11.7 Å². The van der Waals surface area contributed by atoms with Crippen LogP contribution in [-0.4, -0.2) is 31.5 Å². The molecule has 0 amide bonds. The van der Waals surface area contributed by atoms with Gasteiger partial charge < -0.3 is 10.1 Å². The lowest BCUT2D eigenvalue weighted by atomic mass is 10.2. The highest BCUT2D eigenvalue weighted by Gasteiger charge is 2.09. The van der Waals surface area contributed by atoms with E-state index < -0.39 is 0 Å². The fraction of sp³-hybridized carbons (Fsp3) is 0. The van der Waals surface area contributed by atoms with Gasteiger partial charge in [-0.05, 0) is 36.4 Å². The van der Waals surface area contributed by atoms with Crippen molar-refractivity contribution in [3.05, 3.63) is 51.5 Å². The number of benzene rings is 2. The molecule has 2 aromatic carbocycles. The molecule has 7 nitrogen and oxygen atoms in total. The first kappa shape index (κ1) is 15.8. The van der Waals surface area contributed by atoms with Crippen LogP contribution in [0.5, 0.6) is 5.75 Å². The van der Waals surface area contributed by atoms with Gasteiger partial charge in [0, 0.05) is 26.0 Å². The van der Waals surface area contributed by atoms with Gasteiger partial charge in [-0.3, -0.25) is 0 Å². The second-order valence-corrected chi connectivity index (χ2v) is 6.57. The molecule has 2 heterocycles. The van der Waals surface area contributed by atoms with Crippen LogP contribution in [0.15, 0.2) is 46.0 Å². The molecule has 0 bridgehead atoms. The summed E-state index contributed by atoms with van der Waals surface area (Å²) < 4.78 is 0.954. The summed E-state index contributed by atoms with van der Waals surface area (Å²) in [5.74, 6) is 0.307. The number of hydrogen-bond acceptors (Lipinski definition) is 6. The zero-order valence-electron chi connectivity index (χ0n) is 12.5. The number of hydrazone groups is 1. The summed E-state index contributed by atoms with van der Waals surface area (Å²) in [6.07, 6.45) is 1.43. The summed E-state index contributed by atoms with van der Waals surface area (Å²) in [6.45, 7) is 0. The average Bonchev–Trinajstić information content (AvgIpc) is 2.95. The fourth-order valence-electron chi connectivity index (χ4n) is 2.38. The molecule has 4 aromatic rings. The molecule has 0 fully saturated rings. The number of hydrogen-bond donors (Lipinski definition) is 3. The van der Waals surface area contributed by atoms with Gasteiger partial charge in [-0.2, -0.15) is 10.1 Å². The minimum atomic E-state index is 0.0747. The summed E-state index contributed by atoms with van der Waals surface area (Å²) in [7, 11) is 0. The molecule has 0 radical (unpaired) electrons. The van der Waals surface area contributed by atoms with Crippen LogP contribution in [0.25, 0.3) is 22.1 Å². The van der Waals surface area contributed by atoms with Gasteiger partial charge in [-0.25, -0.2) is 5.43 Å². The molecule has 0 atom stereocenters. The minimum Gasteiger partial charge on any atom is -0.507 e. The van der Waals surface area contributed by atoms with E-state index in [0.717, 1.165) is 15.4 Å². The zero-order valence-corrected chi connectivity index (χ0v) is 14.9. The van der Waals surface area contributed by atoms with Crippen LogP contribution in [0, 0.1) is 0 Å². The van der Waals surface area contributed by atoms with Crippen LogP contribution in [0.3, 0.4) is 0 Å². The average molecular weight is 418 g/mol. The fourth-order valence-corrected chi connectivity index (χ4v) is 2.92. The van der Waals surface area contributed by atoms with E-state index in [9.17, 15) is 5.11 Å². The molecule has 4 rings (SSSR count). The summed E-state index contributed by atoms with van der Waals surface area (Å²) in [5.41, 5.74) is 5.37. The van der Waals surface area contributed by atoms with Crippen LogP contribution in [0.2, 0.25) is 5.02 Å². The highest BCUT2D eigenvalue weighted by atomic mass is 79.9. The first-order valence-electron chi connectivity index (χ1n) is 7.19. The standard InChI is InChI=1S/C16H10BrClN6O/c17-9-1-3-12-11(6-9)14-15(20-12)21-16(24-22-14)23-19-7-8-5-10(18)2-4-13(8)25/h1-7,25H,(H2,20,21,23,24). The Bertz CT molecular complexity index is 1130. The second kappa shape index (κ2) is 6.30. The van der Waals surface area contributed by atoms with Crippen molar-refractivity contribution in [2.24, 2.45) is 5.10 Å². The molecule has 25 heavy (non-hydrogen) atoms. The number of rotatable bonds is 3. The number of aromatic nitrogens is 4. The highest BCUT2D eigenvalue weighted by molar-refractivity contribution is 9.10. The Hall–Kier alpha value is -2.71. The smallest absolute Gasteiger partial charge is 0.265 e. The first-order chi connectivity index (χ1) is 12.1. The van der Waals surface area contributed by atoms with Crippen molar-refractivity contribution in [2.45, 2.75) is 0 Å². The summed E-state index contributed by atoms with van der Waals surface area (Å²) in [4.78, 5) is 7.54. The zero-order chi connectivity index (χ0) is 17.4. The molecular formula is C16H10BrClN6O. The topological polar surface area (TPSA) is 99.1 Å². The number of phenolic OH excluding ortho intramolecular Hbond substituents is 1. The van der Waals surface area contributed by atoms with Gasteiger partial charge in [0.2, 0.25) is 0 Å². The van der Waals surface area contributed by atoms with E-state index in [1.165, 1.54) is 12.3 Å². The lowest BCUT2D eigenvalue weighted by Crippen LogP contribution is -1.99. The number of fused-ring (bicyclic) bond motifs is 3. The second-order valence-electron chi connectivity index (χ2n) is 5.22. The van der Waals surface area contributed by atoms with Crippen molar-refractivity contribution in [1.29, 1.82) is 0 Å². The number of aromatic amines is 1. The van der Waals surface area contributed by atoms with Crippen molar-refractivity contribution >= 4 is 61.8 Å². The van der Waals surface area contributed by atoms with Crippen LogP contribution in [0.4, 0.5) is 5.95 Å². The van der Waals surface area contributed by atoms with Gasteiger partial charge >= 0.3 is 0 Å². The third-order valence-corrected chi connectivity index (χ3v) is 4.26. The molecule has 0 spiro atoms. The maximum Gasteiger partial charge on any atom is 0.265 e. The van der Waals surface area contributed by atoms with Gasteiger partial charge in [-0.1, -0.05) is 27.5 Å². The molecule has 3 N–H and O–H groups in total.